The lowest BCUT2D eigenvalue weighted by molar-refractivity contribution is -0.167. The van der Waals surface area contributed by atoms with E-state index in [0.29, 0.717) is 19.3 Å². The Balaban J connectivity index is 4.28. The number of esters is 3. The smallest absolute Gasteiger partial charge is 0.306 e. The molecule has 6 nitrogen and oxygen atoms in total. The molecule has 0 aromatic heterocycles. The van der Waals surface area contributed by atoms with Crippen molar-refractivity contribution in [1.29, 1.82) is 0 Å². The number of unbranched alkanes of at least 4 members (excludes halogenated alkanes) is 21. The minimum Gasteiger partial charge on any atom is -0.462 e. The first-order valence-corrected chi connectivity index (χ1v) is 27.2. The summed E-state index contributed by atoms with van der Waals surface area (Å²) in [7, 11) is 0. The largest absolute Gasteiger partial charge is 0.462 e. The monoisotopic (exact) mass is 917 g/mol. The molecule has 0 saturated heterocycles. The highest BCUT2D eigenvalue weighted by Gasteiger charge is 2.19. The van der Waals surface area contributed by atoms with E-state index in [-0.39, 0.29) is 31.1 Å². The van der Waals surface area contributed by atoms with Crippen molar-refractivity contribution in [2.45, 2.75) is 252 Å². The van der Waals surface area contributed by atoms with Crippen LogP contribution in [0, 0.1) is 0 Å². The molecule has 0 aliphatic carbocycles. The van der Waals surface area contributed by atoms with Crippen LogP contribution in [0.4, 0.5) is 0 Å². The molecule has 0 N–H and O–H groups in total. The first-order valence-electron chi connectivity index (χ1n) is 27.2. The zero-order chi connectivity index (χ0) is 47.9. The third-order valence-electron chi connectivity index (χ3n) is 11.3. The van der Waals surface area contributed by atoms with Gasteiger partial charge in [-0.1, -0.05) is 221 Å². The highest BCUT2D eigenvalue weighted by molar-refractivity contribution is 5.71. The van der Waals surface area contributed by atoms with E-state index < -0.39 is 6.10 Å². The number of rotatable bonds is 48. The van der Waals surface area contributed by atoms with Crippen molar-refractivity contribution >= 4 is 17.9 Å². The van der Waals surface area contributed by atoms with Crippen molar-refractivity contribution < 1.29 is 28.6 Å². The summed E-state index contributed by atoms with van der Waals surface area (Å²) in [5, 5.41) is 0. The molecular weight excluding hydrogens is 817 g/mol. The lowest BCUT2D eigenvalue weighted by Gasteiger charge is -2.18. The minimum absolute atomic E-state index is 0.0862. The summed E-state index contributed by atoms with van der Waals surface area (Å²) in [6.45, 7) is 6.45. The van der Waals surface area contributed by atoms with Gasteiger partial charge in [0, 0.05) is 19.3 Å². The average molecular weight is 917 g/mol. The molecule has 0 saturated carbocycles. The van der Waals surface area contributed by atoms with E-state index in [1.807, 2.05) is 0 Å². The molecule has 0 radical (unpaired) electrons. The van der Waals surface area contributed by atoms with E-state index in [1.165, 1.54) is 70.6 Å². The van der Waals surface area contributed by atoms with E-state index >= 15 is 0 Å². The molecule has 0 aliphatic heterocycles. The Morgan fingerprint density at radius 1 is 0.318 bits per heavy atom. The maximum atomic E-state index is 12.8. The summed E-state index contributed by atoms with van der Waals surface area (Å²) < 4.78 is 16.7. The first kappa shape index (κ1) is 62.3. The molecule has 0 aromatic rings. The zero-order valence-corrected chi connectivity index (χ0v) is 42.9. The van der Waals surface area contributed by atoms with E-state index in [9.17, 15) is 14.4 Å². The van der Waals surface area contributed by atoms with Crippen LogP contribution in [0.3, 0.4) is 0 Å². The quantitative estimate of drug-likeness (QED) is 0.0262. The van der Waals surface area contributed by atoms with E-state index in [1.54, 1.807) is 0 Å². The van der Waals surface area contributed by atoms with E-state index in [0.717, 1.165) is 135 Å². The predicted octanol–water partition coefficient (Wildman–Crippen LogP) is 18.1. The van der Waals surface area contributed by atoms with Crippen LogP contribution in [0.2, 0.25) is 0 Å². The van der Waals surface area contributed by atoms with E-state index in [2.05, 4.69) is 118 Å². The van der Waals surface area contributed by atoms with Gasteiger partial charge in [0.1, 0.15) is 13.2 Å². The van der Waals surface area contributed by atoms with Crippen molar-refractivity contribution in [2.75, 3.05) is 13.2 Å². The van der Waals surface area contributed by atoms with Crippen LogP contribution in [0.25, 0.3) is 0 Å². The Labute approximate surface area is 407 Å². The van der Waals surface area contributed by atoms with Crippen molar-refractivity contribution in [3.05, 3.63) is 97.2 Å². The summed E-state index contributed by atoms with van der Waals surface area (Å²) in [5.74, 6) is -0.920. The number of hydrogen-bond acceptors (Lipinski definition) is 6. The highest BCUT2D eigenvalue weighted by Crippen LogP contribution is 2.14. The molecular formula is C60H100O6. The predicted molar refractivity (Wildman–Crippen MR) is 284 cm³/mol. The van der Waals surface area contributed by atoms with Crippen LogP contribution in [0.5, 0.6) is 0 Å². The number of carbonyl (C=O) groups excluding carboxylic acids is 3. The first-order chi connectivity index (χ1) is 32.5. The molecule has 66 heavy (non-hydrogen) atoms. The lowest BCUT2D eigenvalue weighted by Crippen LogP contribution is -2.30. The molecule has 6 heteroatoms. The Morgan fingerprint density at radius 3 is 0.970 bits per heavy atom. The molecule has 0 aromatic carbocycles. The summed E-state index contributed by atoms with van der Waals surface area (Å²) in [4.78, 5) is 37.9. The normalized spacial score (nSPS) is 12.8. The Hall–Kier alpha value is -3.67. The lowest BCUT2D eigenvalue weighted by atomic mass is 10.1. The maximum absolute atomic E-state index is 12.8. The van der Waals surface area contributed by atoms with Crippen molar-refractivity contribution in [1.82, 2.24) is 0 Å². The van der Waals surface area contributed by atoms with Gasteiger partial charge in [-0.05, 0) is 103 Å². The molecule has 0 fully saturated rings. The summed E-state index contributed by atoms with van der Waals surface area (Å²) >= 11 is 0. The second kappa shape index (κ2) is 53.9. The molecule has 0 rings (SSSR count). The fourth-order valence-corrected chi connectivity index (χ4v) is 7.24. The Bertz CT molecular complexity index is 1330. The van der Waals surface area contributed by atoms with Crippen LogP contribution in [0.15, 0.2) is 97.2 Å². The molecule has 376 valence electrons. The number of ether oxygens (including phenoxy) is 3. The van der Waals surface area contributed by atoms with Gasteiger partial charge in [-0.3, -0.25) is 14.4 Å². The van der Waals surface area contributed by atoms with Crippen LogP contribution >= 0.6 is 0 Å². The van der Waals surface area contributed by atoms with Gasteiger partial charge in [-0.2, -0.15) is 0 Å². The van der Waals surface area contributed by atoms with Gasteiger partial charge in [0.25, 0.3) is 0 Å². The van der Waals surface area contributed by atoms with Gasteiger partial charge in [0.15, 0.2) is 6.10 Å². The standard InChI is InChI=1S/C60H100O6/c1-4-7-10-13-16-19-21-23-24-25-26-27-28-29-30-31-32-33-34-35-36-37-39-41-44-47-50-53-59(62)65-56-57(55-64-58(61)52-49-46-43-40-18-15-12-9-6-3)66-60(63)54-51-48-45-42-38-22-20-17-14-11-8-5-2/h7,10,16-17,19-20,23-24,26-27,29-30,32-33,35-36,57H,4-6,8-9,11-15,18,21-22,25,28,31,34,37-56H2,1-3H3/b10-7-,19-16-,20-17-,24-23-,27-26-,30-29-,33-32-,36-35-. The van der Waals surface area contributed by atoms with Gasteiger partial charge in [-0.25, -0.2) is 0 Å². The average Bonchev–Trinajstić information content (AvgIpc) is 3.31. The fraction of sp³-hybridized carbons (Fsp3) is 0.683. The number of hydrogen-bond donors (Lipinski definition) is 0. The van der Waals surface area contributed by atoms with Gasteiger partial charge >= 0.3 is 17.9 Å². The van der Waals surface area contributed by atoms with Gasteiger partial charge < -0.3 is 14.2 Å². The van der Waals surface area contributed by atoms with Crippen LogP contribution in [-0.2, 0) is 28.6 Å². The molecule has 0 heterocycles. The Kier molecular flexibility index (Phi) is 50.9. The summed E-state index contributed by atoms with van der Waals surface area (Å²) in [6, 6.07) is 0. The second-order valence-electron chi connectivity index (χ2n) is 17.8. The van der Waals surface area contributed by atoms with Crippen molar-refractivity contribution in [2.24, 2.45) is 0 Å². The van der Waals surface area contributed by atoms with Crippen molar-refractivity contribution in [3.63, 3.8) is 0 Å². The topological polar surface area (TPSA) is 78.9 Å². The maximum Gasteiger partial charge on any atom is 0.306 e. The molecule has 0 amide bonds. The Morgan fingerprint density at radius 2 is 0.591 bits per heavy atom. The second-order valence-corrected chi connectivity index (χ2v) is 17.8. The SMILES string of the molecule is CC/C=C\C/C=C\C/C=C\C/C=C\C/C=C\C/C=C\C/C=C\CCCCCCCC(=O)OCC(COC(=O)CCCCCCCCCCC)OC(=O)CCCCCCC/C=C\CCCCC. The summed E-state index contributed by atoms with van der Waals surface area (Å²) in [5.41, 5.74) is 0. The third kappa shape index (κ3) is 51.3. The summed E-state index contributed by atoms with van der Waals surface area (Å²) in [6.07, 6.45) is 71.2. The van der Waals surface area contributed by atoms with Crippen LogP contribution in [0.1, 0.15) is 245 Å². The molecule has 0 spiro atoms. The van der Waals surface area contributed by atoms with Crippen molar-refractivity contribution in [3.8, 4) is 0 Å². The van der Waals surface area contributed by atoms with Crippen LogP contribution < -0.4 is 0 Å². The van der Waals surface area contributed by atoms with E-state index in [4.69, 9.17) is 14.2 Å². The number of allylic oxidation sites excluding steroid dienone is 16. The van der Waals surface area contributed by atoms with Gasteiger partial charge in [0.05, 0.1) is 0 Å². The van der Waals surface area contributed by atoms with Gasteiger partial charge in [-0.15, -0.1) is 0 Å². The minimum atomic E-state index is -0.787. The number of carbonyl (C=O) groups is 3. The fourth-order valence-electron chi connectivity index (χ4n) is 7.24. The zero-order valence-electron chi connectivity index (χ0n) is 42.9. The van der Waals surface area contributed by atoms with Crippen LogP contribution in [-0.4, -0.2) is 37.2 Å². The molecule has 1 unspecified atom stereocenters. The molecule has 1 atom stereocenters. The molecule has 0 bridgehead atoms. The molecule has 0 aliphatic rings. The highest BCUT2D eigenvalue weighted by atomic mass is 16.6. The third-order valence-corrected chi connectivity index (χ3v) is 11.3. The van der Waals surface area contributed by atoms with Gasteiger partial charge in [0.2, 0.25) is 0 Å².